The molecule has 3 unspecified atom stereocenters. The molecular weight excluding hydrogens is 396 g/mol. The fraction of sp³-hybridized carbons (Fsp3) is 0.722. The molecule has 0 saturated carbocycles. The summed E-state index contributed by atoms with van der Waals surface area (Å²) in [5.74, 6) is -4.23. The van der Waals surface area contributed by atoms with Gasteiger partial charge >= 0.3 is 5.97 Å². The van der Waals surface area contributed by atoms with Crippen LogP contribution in [-0.4, -0.2) is 65.9 Å². The number of carbonyl (C=O) groups is 5. The predicted molar refractivity (Wildman–Crippen MR) is 109 cm³/mol. The van der Waals surface area contributed by atoms with Crippen molar-refractivity contribution >= 4 is 29.6 Å². The van der Waals surface area contributed by atoms with Crippen LogP contribution >= 0.6 is 0 Å². The highest BCUT2D eigenvalue weighted by Gasteiger charge is 2.31. The molecule has 172 valence electrons. The first kappa shape index (κ1) is 27.3. The number of hydrogen-bond donors (Lipinski definition) is 7. The lowest BCUT2D eigenvalue weighted by Crippen LogP contribution is -2.57. The van der Waals surface area contributed by atoms with Crippen LogP contribution in [-0.2, 0) is 24.0 Å². The van der Waals surface area contributed by atoms with Crippen LogP contribution in [0.4, 0.5) is 0 Å². The zero-order chi connectivity index (χ0) is 23.3. The smallest absolute Gasteiger partial charge is 0.326 e. The second-order valence-corrected chi connectivity index (χ2v) is 7.24. The lowest BCUT2D eigenvalue weighted by molar-refractivity contribution is -0.143. The van der Waals surface area contributed by atoms with Crippen molar-refractivity contribution in [1.82, 2.24) is 16.0 Å². The molecular formula is C18H34N6O6. The highest BCUT2D eigenvalue weighted by Crippen LogP contribution is 2.07. The predicted octanol–water partition coefficient (Wildman–Crippen LogP) is -2.47. The summed E-state index contributed by atoms with van der Waals surface area (Å²) < 4.78 is 0. The summed E-state index contributed by atoms with van der Waals surface area (Å²) in [6, 6.07) is -3.30. The van der Waals surface area contributed by atoms with Gasteiger partial charge in [-0.2, -0.15) is 0 Å². The van der Waals surface area contributed by atoms with Gasteiger partial charge in [-0.05, 0) is 38.1 Å². The van der Waals surface area contributed by atoms with Crippen LogP contribution in [0.3, 0.4) is 0 Å². The van der Waals surface area contributed by atoms with Gasteiger partial charge in [0, 0.05) is 6.42 Å². The Kier molecular flexibility index (Phi) is 13.0. The molecule has 0 spiro atoms. The number of nitrogens with one attached hydrogen (secondary N) is 3. The Hall–Kier alpha value is -2.73. The molecule has 0 aromatic carbocycles. The van der Waals surface area contributed by atoms with Crippen molar-refractivity contribution in [3.63, 3.8) is 0 Å². The molecule has 0 aliphatic carbocycles. The lowest BCUT2D eigenvalue weighted by Gasteiger charge is -2.26. The molecule has 0 bridgehead atoms. The van der Waals surface area contributed by atoms with Gasteiger partial charge in [-0.25, -0.2) is 4.79 Å². The monoisotopic (exact) mass is 430 g/mol. The van der Waals surface area contributed by atoms with Crippen molar-refractivity contribution in [2.45, 2.75) is 64.1 Å². The topological polar surface area (TPSA) is 220 Å². The van der Waals surface area contributed by atoms with Gasteiger partial charge in [0.1, 0.15) is 18.1 Å². The SMILES string of the molecule is CC(C)C(NC(=O)C(CCCCN)NC(=O)CN)C(=O)NC(CCC(N)=O)C(=O)O. The summed E-state index contributed by atoms with van der Waals surface area (Å²) in [4.78, 5) is 59.2. The van der Waals surface area contributed by atoms with E-state index >= 15 is 0 Å². The van der Waals surface area contributed by atoms with E-state index in [0.29, 0.717) is 25.8 Å². The largest absolute Gasteiger partial charge is 0.480 e. The van der Waals surface area contributed by atoms with E-state index in [0.717, 1.165) is 0 Å². The highest BCUT2D eigenvalue weighted by atomic mass is 16.4. The maximum atomic E-state index is 12.7. The van der Waals surface area contributed by atoms with Crippen LogP contribution < -0.4 is 33.2 Å². The fourth-order valence-electron chi connectivity index (χ4n) is 2.61. The number of carboxylic acid groups (broad SMARTS) is 1. The third-order valence-corrected chi connectivity index (χ3v) is 4.32. The van der Waals surface area contributed by atoms with Crippen molar-refractivity contribution in [2.24, 2.45) is 23.1 Å². The Morgan fingerprint density at radius 1 is 0.867 bits per heavy atom. The first-order valence-corrected chi connectivity index (χ1v) is 9.84. The number of hydrogen-bond acceptors (Lipinski definition) is 7. The van der Waals surface area contributed by atoms with E-state index in [1.807, 2.05) is 0 Å². The van der Waals surface area contributed by atoms with Gasteiger partial charge in [0.2, 0.25) is 23.6 Å². The fourth-order valence-corrected chi connectivity index (χ4v) is 2.61. The first-order valence-electron chi connectivity index (χ1n) is 9.84. The van der Waals surface area contributed by atoms with E-state index in [9.17, 15) is 29.1 Å². The quantitative estimate of drug-likeness (QED) is 0.138. The third-order valence-electron chi connectivity index (χ3n) is 4.32. The number of primary amides is 1. The van der Waals surface area contributed by atoms with E-state index in [2.05, 4.69) is 16.0 Å². The van der Waals surface area contributed by atoms with Crippen molar-refractivity contribution in [1.29, 1.82) is 0 Å². The van der Waals surface area contributed by atoms with Gasteiger partial charge < -0.3 is 38.3 Å². The zero-order valence-electron chi connectivity index (χ0n) is 17.5. The molecule has 0 aliphatic heterocycles. The van der Waals surface area contributed by atoms with E-state index in [4.69, 9.17) is 17.2 Å². The van der Waals surface area contributed by atoms with Gasteiger partial charge in [0.25, 0.3) is 0 Å². The Balaban J connectivity index is 5.23. The van der Waals surface area contributed by atoms with Gasteiger partial charge in [-0.15, -0.1) is 0 Å². The second-order valence-electron chi connectivity index (χ2n) is 7.24. The number of aliphatic carboxylic acids is 1. The molecule has 30 heavy (non-hydrogen) atoms. The third kappa shape index (κ3) is 10.7. The van der Waals surface area contributed by atoms with Gasteiger partial charge in [0.15, 0.2) is 0 Å². The molecule has 0 aromatic heterocycles. The van der Waals surface area contributed by atoms with Crippen molar-refractivity contribution in [3.8, 4) is 0 Å². The summed E-state index contributed by atoms with van der Waals surface area (Å²) in [6.45, 7) is 3.48. The first-order chi connectivity index (χ1) is 14.0. The van der Waals surface area contributed by atoms with Crippen molar-refractivity contribution < 1.29 is 29.1 Å². The van der Waals surface area contributed by atoms with Gasteiger partial charge in [0.05, 0.1) is 6.54 Å². The van der Waals surface area contributed by atoms with Crippen molar-refractivity contribution in [3.05, 3.63) is 0 Å². The molecule has 12 nitrogen and oxygen atoms in total. The maximum Gasteiger partial charge on any atom is 0.326 e. The molecule has 0 heterocycles. The molecule has 0 aliphatic rings. The minimum absolute atomic E-state index is 0.177. The normalized spacial score (nSPS) is 13.8. The Bertz CT molecular complexity index is 612. The van der Waals surface area contributed by atoms with E-state index in [1.165, 1.54) is 0 Å². The molecule has 0 aromatic rings. The number of nitrogens with two attached hydrogens (primary N) is 3. The molecule has 4 amide bonds. The lowest BCUT2D eigenvalue weighted by atomic mass is 10.0. The second kappa shape index (κ2) is 14.3. The Morgan fingerprint density at radius 3 is 1.97 bits per heavy atom. The molecule has 10 N–H and O–H groups in total. The van der Waals surface area contributed by atoms with Crippen LogP contribution in [0.15, 0.2) is 0 Å². The average molecular weight is 431 g/mol. The van der Waals surface area contributed by atoms with Crippen LogP contribution in [0.25, 0.3) is 0 Å². The van der Waals surface area contributed by atoms with Crippen LogP contribution in [0.1, 0.15) is 46.0 Å². The molecule has 3 atom stereocenters. The van der Waals surface area contributed by atoms with Gasteiger partial charge in [-0.1, -0.05) is 13.8 Å². The molecule has 0 fully saturated rings. The molecule has 12 heteroatoms. The minimum atomic E-state index is -1.33. The minimum Gasteiger partial charge on any atom is -0.480 e. The summed E-state index contributed by atoms with van der Waals surface area (Å²) in [7, 11) is 0. The van der Waals surface area contributed by atoms with E-state index in [-0.39, 0.29) is 25.3 Å². The highest BCUT2D eigenvalue weighted by molar-refractivity contribution is 5.93. The standard InChI is InChI=1S/C18H34N6O6/c1-10(2)15(17(28)23-12(18(29)30)6-7-13(21)25)24-16(27)11(5-3-4-8-19)22-14(26)9-20/h10-12,15H,3-9,19-20H2,1-2H3,(H2,21,25)(H,22,26)(H,23,28)(H,24,27)(H,29,30). The van der Waals surface area contributed by atoms with E-state index < -0.39 is 47.7 Å². The van der Waals surface area contributed by atoms with Crippen LogP contribution in [0.5, 0.6) is 0 Å². The van der Waals surface area contributed by atoms with Gasteiger partial charge in [-0.3, -0.25) is 19.2 Å². The number of carboxylic acids is 1. The Morgan fingerprint density at radius 2 is 1.50 bits per heavy atom. The number of amides is 4. The number of rotatable bonds is 15. The van der Waals surface area contributed by atoms with E-state index in [1.54, 1.807) is 13.8 Å². The summed E-state index contributed by atoms with van der Waals surface area (Å²) in [5, 5.41) is 16.6. The summed E-state index contributed by atoms with van der Waals surface area (Å²) in [5.41, 5.74) is 15.8. The molecule has 0 rings (SSSR count). The molecule has 0 radical (unpaired) electrons. The average Bonchev–Trinajstić information content (AvgIpc) is 2.67. The number of unbranched alkanes of at least 4 members (excludes halogenated alkanes) is 1. The molecule has 0 saturated heterocycles. The Labute approximate surface area is 175 Å². The van der Waals surface area contributed by atoms with Crippen LogP contribution in [0, 0.1) is 5.92 Å². The van der Waals surface area contributed by atoms with Crippen LogP contribution in [0.2, 0.25) is 0 Å². The maximum absolute atomic E-state index is 12.7. The zero-order valence-corrected chi connectivity index (χ0v) is 17.5. The number of carbonyl (C=O) groups excluding carboxylic acids is 4. The summed E-state index contributed by atoms with van der Waals surface area (Å²) in [6.07, 6.45) is 1.13. The van der Waals surface area contributed by atoms with Crippen molar-refractivity contribution in [2.75, 3.05) is 13.1 Å². The summed E-state index contributed by atoms with van der Waals surface area (Å²) >= 11 is 0.